The first-order valence-corrected chi connectivity index (χ1v) is 7.27. The first kappa shape index (κ1) is 15.4. The molecule has 21 heavy (non-hydrogen) atoms. The van der Waals surface area contributed by atoms with Crippen LogP contribution in [0.3, 0.4) is 0 Å². The number of fused-ring (bicyclic) bond motifs is 1. The molecule has 0 fully saturated rings. The zero-order chi connectivity index (χ0) is 14.9. The van der Waals surface area contributed by atoms with Crippen LogP contribution >= 0.6 is 0 Å². The predicted octanol–water partition coefficient (Wildman–Crippen LogP) is 1.68. The van der Waals surface area contributed by atoms with Crippen LogP contribution in [0.15, 0.2) is 18.2 Å². The van der Waals surface area contributed by atoms with E-state index in [4.69, 9.17) is 14.2 Å². The van der Waals surface area contributed by atoms with Gasteiger partial charge in [-0.3, -0.25) is 0 Å². The molecule has 1 aromatic rings. The van der Waals surface area contributed by atoms with E-state index in [0.29, 0.717) is 39.5 Å². The van der Waals surface area contributed by atoms with E-state index in [9.17, 15) is 4.79 Å². The Balaban J connectivity index is 1.69. The van der Waals surface area contributed by atoms with Gasteiger partial charge in [-0.15, -0.1) is 0 Å². The second-order valence-electron chi connectivity index (χ2n) is 4.64. The highest BCUT2D eigenvalue weighted by Gasteiger charge is 2.11. The van der Waals surface area contributed by atoms with E-state index in [1.54, 1.807) is 0 Å². The van der Waals surface area contributed by atoms with Gasteiger partial charge in [0.15, 0.2) is 11.5 Å². The zero-order valence-electron chi connectivity index (χ0n) is 12.3. The smallest absolute Gasteiger partial charge is 0.315 e. The number of ether oxygens (including phenoxy) is 3. The Bertz CT molecular complexity index is 465. The number of carbonyl (C=O) groups is 1. The Hall–Kier alpha value is -1.95. The Kier molecular flexibility index (Phi) is 6.15. The van der Waals surface area contributed by atoms with Gasteiger partial charge < -0.3 is 24.8 Å². The van der Waals surface area contributed by atoms with Crippen LogP contribution in [0.25, 0.3) is 0 Å². The minimum Gasteiger partial charge on any atom is -0.486 e. The quantitative estimate of drug-likeness (QED) is 0.751. The minimum absolute atomic E-state index is 0.179. The number of rotatable bonds is 7. The first-order chi connectivity index (χ1) is 10.3. The lowest BCUT2D eigenvalue weighted by Gasteiger charge is -2.19. The third-order valence-corrected chi connectivity index (χ3v) is 3.01. The van der Waals surface area contributed by atoms with Gasteiger partial charge >= 0.3 is 6.03 Å². The molecular formula is C15H22N2O4. The Labute approximate surface area is 124 Å². The van der Waals surface area contributed by atoms with Gasteiger partial charge in [-0.25, -0.2) is 4.79 Å². The van der Waals surface area contributed by atoms with Gasteiger partial charge in [0.1, 0.15) is 13.2 Å². The fourth-order valence-electron chi connectivity index (χ4n) is 1.96. The molecule has 2 N–H and O–H groups in total. The van der Waals surface area contributed by atoms with Gasteiger partial charge in [-0.1, -0.05) is 6.07 Å². The maximum absolute atomic E-state index is 11.6. The molecule has 1 heterocycles. The maximum Gasteiger partial charge on any atom is 0.315 e. The topological polar surface area (TPSA) is 68.8 Å². The summed E-state index contributed by atoms with van der Waals surface area (Å²) in [6, 6.07) is 5.50. The van der Waals surface area contributed by atoms with E-state index >= 15 is 0 Å². The van der Waals surface area contributed by atoms with E-state index < -0.39 is 0 Å². The molecule has 2 rings (SSSR count). The average Bonchev–Trinajstić information content (AvgIpc) is 2.52. The molecule has 0 spiro atoms. The summed E-state index contributed by atoms with van der Waals surface area (Å²) in [5, 5.41) is 5.60. The van der Waals surface area contributed by atoms with Crippen molar-refractivity contribution in [2.75, 3.05) is 33.0 Å². The fraction of sp³-hybridized carbons (Fsp3) is 0.533. The number of benzene rings is 1. The molecule has 0 saturated heterocycles. The van der Waals surface area contributed by atoms with Gasteiger partial charge in [0.2, 0.25) is 0 Å². The van der Waals surface area contributed by atoms with Crippen molar-refractivity contribution >= 4 is 6.03 Å². The number of hydrogen-bond acceptors (Lipinski definition) is 4. The van der Waals surface area contributed by atoms with Gasteiger partial charge in [0.25, 0.3) is 0 Å². The van der Waals surface area contributed by atoms with Crippen molar-refractivity contribution in [1.82, 2.24) is 10.6 Å². The summed E-state index contributed by atoms with van der Waals surface area (Å²) in [5.41, 5.74) is 0.976. The molecule has 6 heteroatoms. The van der Waals surface area contributed by atoms with Crippen molar-refractivity contribution < 1.29 is 19.0 Å². The van der Waals surface area contributed by atoms with Crippen LogP contribution in [0.2, 0.25) is 0 Å². The molecule has 6 nitrogen and oxygen atoms in total. The van der Waals surface area contributed by atoms with Crippen LogP contribution in [0.4, 0.5) is 4.79 Å². The number of urea groups is 1. The molecule has 1 aliphatic rings. The molecule has 0 unspecified atom stereocenters. The monoisotopic (exact) mass is 294 g/mol. The number of carbonyl (C=O) groups excluding carboxylic acids is 1. The minimum atomic E-state index is -0.179. The van der Waals surface area contributed by atoms with Crippen molar-refractivity contribution in [1.29, 1.82) is 0 Å². The van der Waals surface area contributed by atoms with Crippen molar-refractivity contribution in [3.05, 3.63) is 23.8 Å². The third kappa shape index (κ3) is 5.15. The molecule has 0 aliphatic carbocycles. The van der Waals surface area contributed by atoms with E-state index in [1.165, 1.54) is 0 Å². The number of hydrogen-bond donors (Lipinski definition) is 2. The van der Waals surface area contributed by atoms with E-state index in [0.717, 1.165) is 23.5 Å². The van der Waals surface area contributed by atoms with Crippen LogP contribution in [0, 0.1) is 0 Å². The molecule has 0 atom stereocenters. The predicted molar refractivity (Wildman–Crippen MR) is 78.8 cm³/mol. The summed E-state index contributed by atoms with van der Waals surface area (Å²) in [7, 11) is 0. The van der Waals surface area contributed by atoms with Gasteiger partial charge in [0, 0.05) is 26.3 Å². The summed E-state index contributed by atoms with van der Waals surface area (Å²) >= 11 is 0. The van der Waals surface area contributed by atoms with Crippen molar-refractivity contribution in [3.8, 4) is 11.5 Å². The molecule has 0 aromatic heterocycles. The van der Waals surface area contributed by atoms with Crippen LogP contribution in [0.1, 0.15) is 18.9 Å². The normalized spacial score (nSPS) is 12.8. The lowest BCUT2D eigenvalue weighted by molar-refractivity contribution is 0.145. The average molecular weight is 294 g/mol. The van der Waals surface area contributed by atoms with Gasteiger partial charge in [0.05, 0.1) is 0 Å². The Morgan fingerprint density at radius 3 is 2.86 bits per heavy atom. The summed E-state index contributed by atoms with van der Waals surface area (Å²) in [6.07, 6.45) is 0.811. The molecule has 2 amide bonds. The van der Waals surface area contributed by atoms with E-state index in [-0.39, 0.29) is 6.03 Å². The molecule has 0 saturated carbocycles. The Morgan fingerprint density at radius 1 is 1.24 bits per heavy atom. The van der Waals surface area contributed by atoms with Crippen molar-refractivity contribution in [3.63, 3.8) is 0 Å². The van der Waals surface area contributed by atoms with Gasteiger partial charge in [-0.05, 0) is 31.0 Å². The SMILES string of the molecule is CCOCCCNC(=O)NCc1ccc2c(c1)OCCO2. The number of nitrogens with one attached hydrogen (secondary N) is 2. The molecule has 1 aromatic carbocycles. The highest BCUT2D eigenvalue weighted by Crippen LogP contribution is 2.30. The maximum atomic E-state index is 11.6. The highest BCUT2D eigenvalue weighted by atomic mass is 16.6. The van der Waals surface area contributed by atoms with Crippen LogP contribution in [-0.2, 0) is 11.3 Å². The summed E-state index contributed by atoms with van der Waals surface area (Å²) in [5.74, 6) is 1.49. The van der Waals surface area contributed by atoms with E-state index in [1.807, 2.05) is 25.1 Å². The molecule has 0 bridgehead atoms. The van der Waals surface area contributed by atoms with E-state index in [2.05, 4.69) is 10.6 Å². The lowest BCUT2D eigenvalue weighted by Crippen LogP contribution is -2.35. The molecule has 116 valence electrons. The third-order valence-electron chi connectivity index (χ3n) is 3.01. The van der Waals surface area contributed by atoms with Gasteiger partial charge in [-0.2, -0.15) is 0 Å². The second-order valence-corrected chi connectivity index (χ2v) is 4.64. The second kappa shape index (κ2) is 8.36. The largest absolute Gasteiger partial charge is 0.486 e. The van der Waals surface area contributed by atoms with Crippen molar-refractivity contribution in [2.45, 2.75) is 19.9 Å². The molecule has 1 aliphatic heterocycles. The molecular weight excluding hydrogens is 272 g/mol. The summed E-state index contributed by atoms with van der Waals surface area (Å²) in [6.45, 7) is 5.52. The van der Waals surface area contributed by atoms with Crippen molar-refractivity contribution in [2.24, 2.45) is 0 Å². The van der Waals surface area contributed by atoms with Crippen LogP contribution in [-0.4, -0.2) is 39.0 Å². The van der Waals surface area contributed by atoms with Crippen LogP contribution in [0.5, 0.6) is 11.5 Å². The van der Waals surface area contributed by atoms with Crippen LogP contribution < -0.4 is 20.1 Å². The standard InChI is InChI=1S/C15H22N2O4/c1-2-19-7-3-6-16-15(18)17-11-12-4-5-13-14(10-12)21-9-8-20-13/h4-5,10H,2-3,6-9,11H2,1H3,(H2,16,17,18). The summed E-state index contributed by atoms with van der Waals surface area (Å²) < 4.78 is 16.2. The Morgan fingerprint density at radius 2 is 2.05 bits per heavy atom. The lowest BCUT2D eigenvalue weighted by atomic mass is 10.2. The molecule has 0 radical (unpaired) electrons. The summed E-state index contributed by atoms with van der Waals surface area (Å²) in [4.78, 5) is 11.6. The number of amides is 2. The fourth-order valence-corrected chi connectivity index (χ4v) is 1.96. The first-order valence-electron chi connectivity index (χ1n) is 7.27. The highest BCUT2D eigenvalue weighted by molar-refractivity contribution is 5.73. The zero-order valence-corrected chi connectivity index (χ0v) is 12.3.